The predicted octanol–water partition coefficient (Wildman–Crippen LogP) is 3.12. The van der Waals surface area contributed by atoms with Crippen LogP contribution in [0.1, 0.15) is 10.5 Å². The van der Waals surface area contributed by atoms with E-state index < -0.39 is 11.7 Å². The molecule has 1 amide bonds. The van der Waals surface area contributed by atoms with E-state index in [1.807, 2.05) is 0 Å². The molecule has 4 aromatic rings. The smallest absolute Gasteiger partial charge is 0.275 e. The number of ether oxygens (including phenoxy) is 1. The molecule has 144 valence electrons. The number of para-hydroxylation sites is 1. The largest absolute Gasteiger partial charge is 0.481 e. The molecule has 9 heteroatoms. The van der Waals surface area contributed by atoms with Gasteiger partial charge in [-0.05, 0) is 30.3 Å². The molecule has 0 aliphatic carbocycles. The van der Waals surface area contributed by atoms with Gasteiger partial charge in [0.15, 0.2) is 5.82 Å². The lowest BCUT2D eigenvalue weighted by atomic mass is 10.3. The second-order valence-corrected chi connectivity index (χ2v) is 5.86. The second-order valence-electron chi connectivity index (χ2n) is 5.86. The van der Waals surface area contributed by atoms with E-state index in [2.05, 4.69) is 25.4 Å². The summed E-state index contributed by atoms with van der Waals surface area (Å²) in [5.74, 6) is 0.0391. The van der Waals surface area contributed by atoms with Gasteiger partial charge in [0, 0.05) is 12.3 Å². The number of pyridine rings is 1. The van der Waals surface area contributed by atoms with Crippen LogP contribution in [0.3, 0.4) is 0 Å². The first-order chi connectivity index (χ1) is 14.2. The van der Waals surface area contributed by atoms with E-state index in [1.165, 1.54) is 42.4 Å². The molecule has 0 aliphatic heterocycles. The van der Waals surface area contributed by atoms with Gasteiger partial charge in [-0.1, -0.05) is 18.2 Å². The number of nitrogens with one attached hydrogen (secondary N) is 1. The topological polar surface area (TPSA) is 94.8 Å². The van der Waals surface area contributed by atoms with Crippen molar-refractivity contribution in [2.45, 2.75) is 0 Å². The standard InChI is InChI=1S/C20H15FN6O2/c1-29-18-8-4-6-14(24-18)19-22-11-10-17(25-19)26-20(28)16-9-12-23-27(16)15-7-3-2-5-13(15)21/h2-12H,1H3,(H,22,25,26,28). The van der Waals surface area contributed by atoms with Crippen LogP contribution in [0.15, 0.2) is 67.0 Å². The molecule has 0 atom stereocenters. The SMILES string of the molecule is COc1cccc(-c2nccc(NC(=O)c3ccnn3-c3ccccc3F)n2)n1. The van der Waals surface area contributed by atoms with Crippen molar-refractivity contribution < 1.29 is 13.9 Å². The van der Waals surface area contributed by atoms with Crippen molar-refractivity contribution in [1.82, 2.24) is 24.7 Å². The van der Waals surface area contributed by atoms with Gasteiger partial charge in [-0.3, -0.25) is 4.79 Å². The third-order valence-corrected chi connectivity index (χ3v) is 4.01. The van der Waals surface area contributed by atoms with Crippen LogP contribution in [-0.2, 0) is 0 Å². The summed E-state index contributed by atoms with van der Waals surface area (Å²) in [7, 11) is 1.52. The van der Waals surface area contributed by atoms with Crippen molar-refractivity contribution in [1.29, 1.82) is 0 Å². The average molecular weight is 390 g/mol. The number of hydrogen-bond donors (Lipinski definition) is 1. The fourth-order valence-corrected chi connectivity index (χ4v) is 2.68. The van der Waals surface area contributed by atoms with Gasteiger partial charge < -0.3 is 10.1 Å². The minimum atomic E-state index is -0.492. The fraction of sp³-hybridized carbons (Fsp3) is 0.0500. The van der Waals surface area contributed by atoms with Gasteiger partial charge in [-0.2, -0.15) is 5.10 Å². The minimum absolute atomic E-state index is 0.162. The number of hydrogen-bond acceptors (Lipinski definition) is 6. The first-order valence-electron chi connectivity index (χ1n) is 8.60. The van der Waals surface area contributed by atoms with E-state index >= 15 is 0 Å². The molecule has 0 fully saturated rings. The Labute approximate surface area is 165 Å². The first-order valence-corrected chi connectivity index (χ1v) is 8.60. The fourth-order valence-electron chi connectivity index (χ4n) is 2.68. The zero-order chi connectivity index (χ0) is 20.2. The maximum absolute atomic E-state index is 14.1. The van der Waals surface area contributed by atoms with E-state index in [9.17, 15) is 9.18 Å². The molecule has 8 nitrogen and oxygen atoms in total. The van der Waals surface area contributed by atoms with Crippen molar-refractivity contribution in [3.8, 4) is 23.1 Å². The number of methoxy groups -OCH3 is 1. The Bertz CT molecular complexity index is 1180. The molecule has 0 radical (unpaired) electrons. The van der Waals surface area contributed by atoms with E-state index in [1.54, 1.807) is 36.4 Å². The molecule has 1 N–H and O–H groups in total. The lowest BCUT2D eigenvalue weighted by Gasteiger charge is -2.09. The zero-order valence-electron chi connectivity index (χ0n) is 15.3. The molecule has 0 saturated heterocycles. The van der Waals surface area contributed by atoms with Gasteiger partial charge in [0.1, 0.15) is 28.7 Å². The Kier molecular flexibility index (Phi) is 4.93. The molecule has 3 heterocycles. The molecule has 29 heavy (non-hydrogen) atoms. The van der Waals surface area contributed by atoms with Crippen molar-refractivity contribution in [2.75, 3.05) is 12.4 Å². The highest BCUT2D eigenvalue weighted by molar-refractivity contribution is 6.02. The maximum Gasteiger partial charge on any atom is 0.275 e. The third-order valence-electron chi connectivity index (χ3n) is 4.01. The van der Waals surface area contributed by atoms with Gasteiger partial charge >= 0.3 is 0 Å². The number of rotatable bonds is 5. The molecule has 4 rings (SSSR count). The highest BCUT2D eigenvalue weighted by Gasteiger charge is 2.17. The third kappa shape index (κ3) is 3.79. The summed E-state index contributed by atoms with van der Waals surface area (Å²) in [6.07, 6.45) is 2.93. The quantitative estimate of drug-likeness (QED) is 0.563. The number of carbonyl (C=O) groups excluding carboxylic acids is 1. The number of anilines is 1. The van der Waals surface area contributed by atoms with Crippen LogP contribution in [0, 0.1) is 5.82 Å². The van der Waals surface area contributed by atoms with Crippen molar-refractivity contribution in [2.24, 2.45) is 0 Å². The van der Waals surface area contributed by atoms with E-state index in [0.717, 1.165) is 0 Å². The van der Waals surface area contributed by atoms with Gasteiger partial charge in [0.2, 0.25) is 5.88 Å². The predicted molar refractivity (Wildman–Crippen MR) is 103 cm³/mol. The van der Waals surface area contributed by atoms with Crippen LogP contribution in [0.2, 0.25) is 0 Å². The Hall–Kier alpha value is -4.14. The Morgan fingerprint density at radius 2 is 1.90 bits per heavy atom. The van der Waals surface area contributed by atoms with E-state index in [0.29, 0.717) is 17.4 Å². The Morgan fingerprint density at radius 3 is 2.72 bits per heavy atom. The van der Waals surface area contributed by atoms with Crippen LogP contribution in [-0.4, -0.2) is 37.7 Å². The maximum atomic E-state index is 14.1. The van der Waals surface area contributed by atoms with E-state index in [4.69, 9.17) is 4.74 Å². The number of aromatic nitrogens is 5. The number of nitrogens with zero attached hydrogens (tertiary/aromatic N) is 5. The van der Waals surface area contributed by atoms with E-state index in [-0.39, 0.29) is 17.2 Å². The van der Waals surface area contributed by atoms with Crippen LogP contribution in [0.4, 0.5) is 10.2 Å². The van der Waals surface area contributed by atoms with Crippen LogP contribution >= 0.6 is 0 Å². The van der Waals surface area contributed by atoms with Crippen molar-refractivity contribution >= 4 is 11.7 Å². The summed E-state index contributed by atoms with van der Waals surface area (Å²) in [6, 6.07) is 14.3. The molecule has 0 saturated carbocycles. The van der Waals surface area contributed by atoms with Crippen molar-refractivity contribution in [3.63, 3.8) is 0 Å². The van der Waals surface area contributed by atoms with Crippen LogP contribution < -0.4 is 10.1 Å². The van der Waals surface area contributed by atoms with Crippen LogP contribution in [0.25, 0.3) is 17.2 Å². The molecule has 0 unspecified atom stereocenters. The van der Waals surface area contributed by atoms with Gasteiger partial charge in [0.05, 0.1) is 13.3 Å². The number of benzene rings is 1. The lowest BCUT2D eigenvalue weighted by molar-refractivity contribution is 0.101. The van der Waals surface area contributed by atoms with Crippen molar-refractivity contribution in [3.05, 3.63) is 78.5 Å². The molecule has 0 bridgehead atoms. The summed E-state index contributed by atoms with van der Waals surface area (Å²) in [5, 5.41) is 6.73. The summed E-state index contributed by atoms with van der Waals surface area (Å²) in [5.41, 5.74) is 0.832. The lowest BCUT2D eigenvalue weighted by Crippen LogP contribution is -2.18. The highest BCUT2D eigenvalue weighted by Crippen LogP contribution is 2.18. The van der Waals surface area contributed by atoms with Gasteiger partial charge in [-0.25, -0.2) is 24.0 Å². The molecular weight excluding hydrogens is 375 g/mol. The zero-order valence-corrected chi connectivity index (χ0v) is 15.3. The average Bonchev–Trinajstić information content (AvgIpc) is 3.24. The number of amides is 1. The molecule has 0 aliphatic rings. The number of halogens is 1. The summed E-state index contributed by atoms with van der Waals surface area (Å²) in [6.45, 7) is 0. The van der Waals surface area contributed by atoms with Crippen LogP contribution in [0.5, 0.6) is 5.88 Å². The molecule has 3 aromatic heterocycles. The van der Waals surface area contributed by atoms with Gasteiger partial charge in [0.25, 0.3) is 5.91 Å². The molecule has 1 aromatic carbocycles. The first kappa shape index (κ1) is 18.2. The number of carbonyl (C=O) groups is 1. The Morgan fingerprint density at radius 1 is 1.03 bits per heavy atom. The molecular formula is C20H15FN6O2. The molecule has 0 spiro atoms. The second kappa shape index (κ2) is 7.85. The van der Waals surface area contributed by atoms with Gasteiger partial charge in [-0.15, -0.1) is 0 Å². The summed E-state index contributed by atoms with van der Waals surface area (Å²) in [4.78, 5) is 25.5. The Balaban J connectivity index is 1.61. The normalized spacial score (nSPS) is 10.6. The summed E-state index contributed by atoms with van der Waals surface area (Å²) < 4.78 is 20.4. The minimum Gasteiger partial charge on any atom is -0.481 e. The monoisotopic (exact) mass is 390 g/mol. The summed E-state index contributed by atoms with van der Waals surface area (Å²) >= 11 is 0. The highest BCUT2D eigenvalue weighted by atomic mass is 19.1.